The fraction of sp³-hybridized carbons (Fsp3) is 1.00. The molecular formula is C7H10O2. The first-order valence-electron chi connectivity index (χ1n) is 3.67. The highest BCUT2D eigenvalue weighted by Crippen LogP contribution is 2.50. The van der Waals surface area contributed by atoms with Crippen molar-refractivity contribution in [2.45, 2.75) is 37.8 Å². The van der Waals surface area contributed by atoms with Crippen molar-refractivity contribution in [3.8, 4) is 0 Å². The van der Waals surface area contributed by atoms with Crippen molar-refractivity contribution < 1.29 is 9.47 Å². The summed E-state index contributed by atoms with van der Waals surface area (Å²) >= 11 is 0. The van der Waals surface area contributed by atoms with E-state index < -0.39 is 0 Å². The van der Waals surface area contributed by atoms with Gasteiger partial charge in [-0.3, -0.25) is 0 Å². The minimum absolute atomic E-state index is 0.458. The maximum atomic E-state index is 5.62. The molecule has 0 spiro atoms. The molecule has 3 saturated heterocycles. The van der Waals surface area contributed by atoms with Crippen LogP contribution in [0.25, 0.3) is 0 Å². The number of hydrogen-bond donors (Lipinski definition) is 0. The molecule has 2 heteroatoms. The molecule has 50 valence electrons. The highest BCUT2D eigenvalue weighted by molar-refractivity contribution is 5.10. The van der Waals surface area contributed by atoms with E-state index in [1.54, 1.807) is 0 Å². The molecule has 3 rings (SSSR count). The number of hydrogen-bond acceptors (Lipinski definition) is 2. The first kappa shape index (κ1) is 4.69. The van der Waals surface area contributed by atoms with Gasteiger partial charge in [-0.05, 0) is 12.3 Å². The number of epoxide rings is 1. The third kappa shape index (κ3) is 0.413. The van der Waals surface area contributed by atoms with Gasteiger partial charge in [-0.2, -0.15) is 0 Å². The van der Waals surface area contributed by atoms with Gasteiger partial charge in [0.1, 0.15) is 12.2 Å². The molecule has 3 fully saturated rings. The molecule has 3 heterocycles. The average molecular weight is 126 g/mol. The van der Waals surface area contributed by atoms with Gasteiger partial charge in [0.25, 0.3) is 0 Å². The predicted molar refractivity (Wildman–Crippen MR) is 31.1 cm³/mol. The molecule has 0 aromatic rings. The van der Waals surface area contributed by atoms with Crippen molar-refractivity contribution >= 4 is 0 Å². The average Bonchev–Trinajstić information content (AvgIpc) is 2.46. The van der Waals surface area contributed by atoms with Gasteiger partial charge in [-0.15, -0.1) is 0 Å². The van der Waals surface area contributed by atoms with Gasteiger partial charge in [0, 0.05) is 0 Å². The molecule has 0 saturated carbocycles. The summed E-state index contributed by atoms with van der Waals surface area (Å²) in [5.74, 6) is 0.749. The Bertz CT molecular complexity index is 153. The van der Waals surface area contributed by atoms with Crippen LogP contribution in [-0.2, 0) is 9.47 Å². The third-order valence-electron chi connectivity index (χ3n) is 2.75. The summed E-state index contributed by atoms with van der Waals surface area (Å²) in [5.41, 5.74) is 0. The SMILES string of the molecule is C[C@H]1C[C@@H]2O[C@H]1[C@@H]1O[C@@H]12. The van der Waals surface area contributed by atoms with Crippen LogP contribution >= 0.6 is 0 Å². The molecule has 0 N–H and O–H groups in total. The normalized spacial score (nSPS) is 68.3. The second-order valence-electron chi connectivity index (χ2n) is 3.42. The molecule has 3 aliphatic heterocycles. The molecular weight excluding hydrogens is 116 g/mol. The monoisotopic (exact) mass is 126 g/mol. The van der Waals surface area contributed by atoms with Gasteiger partial charge in [0.15, 0.2) is 0 Å². The van der Waals surface area contributed by atoms with Crippen LogP contribution in [0, 0.1) is 5.92 Å². The smallest absolute Gasteiger partial charge is 0.113 e. The van der Waals surface area contributed by atoms with Crippen LogP contribution in [0.15, 0.2) is 0 Å². The van der Waals surface area contributed by atoms with E-state index in [0.29, 0.717) is 24.4 Å². The lowest BCUT2D eigenvalue weighted by Crippen LogP contribution is -2.20. The second-order valence-corrected chi connectivity index (χ2v) is 3.42. The van der Waals surface area contributed by atoms with Gasteiger partial charge in [0.2, 0.25) is 0 Å². The largest absolute Gasteiger partial charge is 0.369 e. The Morgan fingerprint density at radius 2 is 2.00 bits per heavy atom. The Kier molecular flexibility index (Phi) is 0.616. The lowest BCUT2D eigenvalue weighted by atomic mass is 9.91. The molecule has 0 aromatic carbocycles. The molecule has 0 radical (unpaired) electrons. The van der Waals surface area contributed by atoms with E-state index in [1.807, 2.05) is 0 Å². The first-order chi connectivity index (χ1) is 4.36. The molecule has 2 nitrogen and oxygen atoms in total. The van der Waals surface area contributed by atoms with Crippen LogP contribution in [0.2, 0.25) is 0 Å². The summed E-state index contributed by atoms with van der Waals surface area (Å²) in [5, 5.41) is 0. The van der Waals surface area contributed by atoms with Crippen LogP contribution in [0.5, 0.6) is 0 Å². The van der Waals surface area contributed by atoms with Crippen LogP contribution in [0.4, 0.5) is 0 Å². The Balaban J connectivity index is 1.96. The van der Waals surface area contributed by atoms with E-state index in [-0.39, 0.29) is 0 Å². The molecule has 9 heavy (non-hydrogen) atoms. The maximum absolute atomic E-state index is 5.62. The Morgan fingerprint density at radius 1 is 1.11 bits per heavy atom. The van der Waals surface area contributed by atoms with Crippen molar-refractivity contribution in [3.05, 3.63) is 0 Å². The highest BCUT2D eigenvalue weighted by Gasteiger charge is 2.63. The minimum Gasteiger partial charge on any atom is -0.369 e. The van der Waals surface area contributed by atoms with Crippen molar-refractivity contribution in [1.29, 1.82) is 0 Å². The molecule has 5 atom stereocenters. The van der Waals surface area contributed by atoms with Gasteiger partial charge < -0.3 is 9.47 Å². The van der Waals surface area contributed by atoms with Crippen LogP contribution < -0.4 is 0 Å². The zero-order valence-electron chi connectivity index (χ0n) is 5.41. The summed E-state index contributed by atoms with van der Waals surface area (Å²) < 4.78 is 11.0. The molecule has 0 unspecified atom stereocenters. The van der Waals surface area contributed by atoms with E-state index in [4.69, 9.17) is 9.47 Å². The van der Waals surface area contributed by atoms with E-state index in [2.05, 4.69) is 6.92 Å². The zero-order valence-corrected chi connectivity index (χ0v) is 5.41. The van der Waals surface area contributed by atoms with Crippen molar-refractivity contribution in [1.82, 2.24) is 0 Å². The van der Waals surface area contributed by atoms with Gasteiger partial charge in [0.05, 0.1) is 12.2 Å². The van der Waals surface area contributed by atoms with Crippen LogP contribution in [0.1, 0.15) is 13.3 Å². The molecule has 0 amide bonds. The van der Waals surface area contributed by atoms with E-state index in [9.17, 15) is 0 Å². The summed E-state index contributed by atoms with van der Waals surface area (Å²) in [7, 11) is 0. The van der Waals surface area contributed by atoms with Crippen LogP contribution in [-0.4, -0.2) is 24.4 Å². The quantitative estimate of drug-likeness (QED) is 0.442. The predicted octanol–water partition coefficient (Wildman–Crippen LogP) is 0.561. The minimum atomic E-state index is 0.458. The molecule has 0 aliphatic carbocycles. The third-order valence-corrected chi connectivity index (χ3v) is 2.75. The van der Waals surface area contributed by atoms with Crippen LogP contribution in [0.3, 0.4) is 0 Å². The Morgan fingerprint density at radius 3 is 2.56 bits per heavy atom. The Labute approximate surface area is 54.1 Å². The van der Waals surface area contributed by atoms with E-state index in [0.717, 1.165) is 5.92 Å². The fourth-order valence-corrected chi connectivity index (χ4v) is 2.20. The summed E-state index contributed by atoms with van der Waals surface area (Å²) in [6, 6.07) is 0. The Hall–Kier alpha value is -0.0800. The summed E-state index contributed by atoms with van der Waals surface area (Å²) in [6.07, 6.45) is 3.16. The van der Waals surface area contributed by atoms with Gasteiger partial charge in [-0.25, -0.2) is 0 Å². The molecule has 3 aliphatic rings. The standard InChI is InChI=1S/C7H10O2/c1-3-2-4-6-7(9-6)5(3)8-4/h3-7H,2H2,1H3/t3-,4-,5+,6+,7-/m0/s1. The molecule has 2 bridgehead atoms. The highest BCUT2D eigenvalue weighted by atomic mass is 16.7. The first-order valence-corrected chi connectivity index (χ1v) is 3.67. The fourth-order valence-electron chi connectivity index (χ4n) is 2.20. The summed E-state index contributed by atoms with van der Waals surface area (Å²) in [6.45, 7) is 2.25. The number of fused-ring (bicyclic) bond motifs is 5. The number of ether oxygens (including phenoxy) is 2. The van der Waals surface area contributed by atoms with Gasteiger partial charge in [-0.1, -0.05) is 6.92 Å². The van der Waals surface area contributed by atoms with E-state index in [1.165, 1.54) is 6.42 Å². The molecule has 0 aromatic heterocycles. The topological polar surface area (TPSA) is 21.8 Å². The summed E-state index contributed by atoms with van der Waals surface area (Å²) in [4.78, 5) is 0. The van der Waals surface area contributed by atoms with Crippen molar-refractivity contribution in [2.24, 2.45) is 5.92 Å². The second kappa shape index (κ2) is 1.18. The van der Waals surface area contributed by atoms with Gasteiger partial charge >= 0.3 is 0 Å². The number of rotatable bonds is 0. The maximum Gasteiger partial charge on any atom is 0.113 e. The lowest BCUT2D eigenvalue weighted by Gasteiger charge is -2.08. The van der Waals surface area contributed by atoms with E-state index >= 15 is 0 Å². The lowest BCUT2D eigenvalue weighted by molar-refractivity contribution is 0.0133. The zero-order chi connectivity index (χ0) is 6.01. The van der Waals surface area contributed by atoms with Crippen molar-refractivity contribution in [2.75, 3.05) is 0 Å². The van der Waals surface area contributed by atoms with Crippen molar-refractivity contribution in [3.63, 3.8) is 0 Å².